The zero-order valence-electron chi connectivity index (χ0n) is 14.3. The number of halogens is 11. The Labute approximate surface area is 151 Å². The van der Waals surface area contributed by atoms with E-state index in [0.29, 0.717) is 0 Å². The van der Waals surface area contributed by atoms with E-state index in [0.717, 1.165) is 6.54 Å². The van der Waals surface area contributed by atoms with Gasteiger partial charge >= 0.3 is 36.7 Å². The first-order valence-electron chi connectivity index (χ1n) is 7.78. The van der Waals surface area contributed by atoms with Crippen LogP contribution >= 0.6 is 0 Å². The van der Waals surface area contributed by atoms with Gasteiger partial charge in [-0.25, -0.2) is 13.5 Å². The average molecular weight is 440 g/mol. The number of hydrogen-bond donors (Lipinski definition) is 1. The van der Waals surface area contributed by atoms with Crippen molar-refractivity contribution in [1.82, 2.24) is 10.2 Å². The van der Waals surface area contributed by atoms with Crippen molar-refractivity contribution in [3.05, 3.63) is 0 Å². The third kappa shape index (κ3) is 5.50. The summed E-state index contributed by atoms with van der Waals surface area (Å²) in [6.07, 6.45) is -22.4. The molecular formula is C13H17F11N3O+. The summed E-state index contributed by atoms with van der Waals surface area (Å²) in [6, 6.07) is 0. The standard InChI is InChI=1S/C8H15N3.C5HF11O/c1-10-5-3-7-11-6-2-4-9-8(10)11;6-1(7)2(8,9)17-5(15,16)3(10,11)4(12,13)14/h2-7H2,1H3;1H/p+1. The van der Waals surface area contributed by atoms with Crippen LogP contribution in [0.5, 0.6) is 0 Å². The normalized spacial score (nSPS) is 19.1. The molecule has 0 aliphatic carbocycles. The van der Waals surface area contributed by atoms with E-state index in [1.807, 2.05) is 0 Å². The topological polar surface area (TPSA) is 27.5 Å². The minimum absolute atomic E-state index is 1.15. The maximum absolute atomic E-state index is 12.0. The third-order valence-electron chi connectivity index (χ3n) is 3.71. The maximum Gasteiger partial charge on any atom is 0.462 e. The van der Waals surface area contributed by atoms with E-state index in [4.69, 9.17) is 0 Å². The van der Waals surface area contributed by atoms with Crippen LogP contribution in [-0.4, -0.2) is 79.4 Å². The van der Waals surface area contributed by atoms with Crippen LogP contribution in [0.25, 0.3) is 0 Å². The molecule has 2 heterocycles. The number of alkyl halides is 11. The van der Waals surface area contributed by atoms with Gasteiger partial charge in [0.15, 0.2) is 0 Å². The lowest BCUT2D eigenvalue weighted by molar-refractivity contribution is -0.511. The van der Waals surface area contributed by atoms with Gasteiger partial charge in [0.25, 0.3) is 0 Å². The molecule has 0 spiro atoms. The number of guanidine groups is 1. The molecule has 1 saturated heterocycles. The van der Waals surface area contributed by atoms with Crippen LogP contribution in [0.1, 0.15) is 12.8 Å². The second-order valence-corrected chi connectivity index (χ2v) is 5.92. The van der Waals surface area contributed by atoms with Crippen LogP contribution in [0.15, 0.2) is 0 Å². The molecule has 2 rings (SSSR count). The number of rotatable bonds is 4. The predicted molar refractivity (Wildman–Crippen MR) is 72.9 cm³/mol. The summed E-state index contributed by atoms with van der Waals surface area (Å²) < 4.78 is 132. The zero-order chi connectivity index (χ0) is 22.0. The summed E-state index contributed by atoms with van der Waals surface area (Å²) in [5, 5.41) is 3.44. The fraction of sp³-hybridized carbons (Fsp3) is 0.923. The summed E-state index contributed by atoms with van der Waals surface area (Å²) in [5.74, 6) is -5.69. The summed E-state index contributed by atoms with van der Waals surface area (Å²) in [4.78, 5) is 2.45. The second kappa shape index (κ2) is 8.45. The molecule has 0 aromatic carbocycles. The van der Waals surface area contributed by atoms with E-state index >= 15 is 0 Å². The van der Waals surface area contributed by atoms with Crippen LogP contribution in [-0.2, 0) is 4.74 Å². The Bertz CT molecular complexity index is 562. The van der Waals surface area contributed by atoms with Gasteiger partial charge < -0.3 is 0 Å². The Kier molecular flexibility index (Phi) is 7.39. The Balaban J connectivity index is 0.000000302. The van der Waals surface area contributed by atoms with Gasteiger partial charge in [-0.15, -0.1) is 0 Å². The van der Waals surface area contributed by atoms with Gasteiger partial charge in [0.05, 0.1) is 33.2 Å². The molecule has 1 N–H and O–H groups in total. The fourth-order valence-corrected chi connectivity index (χ4v) is 2.33. The Morgan fingerprint density at radius 1 is 0.964 bits per heavy atom. The molecule has 0 saturated carbocycles. The average Bonchev–Trinajstić information content (AvgIpc) is 2.53. The zero-order valence-corrected chi connectivity index (χ0v) is 14.3. The molecule has 4 nitrogen and oxygen atoms in total. The van der Waals surface area contributed by atoms with Crippen molar-refractivity contribution in [2.45, 2.75) is 43.6 Å². The van der Waals surface area contributed by atoms with Crippen LogP contribution in [0.4, 0.5) is 48.3 Å². The molecule has 0 unspecified atom stereocenters. The molecule has 0 bridgehead atoms. The lowest BCUT2D eigenvalue weighted by atomic mass is 10.2. The van der Waals surface area contributed by atoms with Gasteiger partial charge in [0.1, 0.15) is 0 Å². The minimum Gasteiger partial charge on any atom is -0.278 e. The van der Waals surface area contributed by atoms with Gasteiger partial charge in [-0.2, -0.15) is 39.5 Å². The van der Waals surface area contributed by atoms with Crippen LogP contribution in [0.3, 0.4) is 0 Å². The summed E-state index contributed by atoms with van der Waals surface area (Å²) in [7, 11) is 2.17. The number of nitrogens with zero attached hydrogens (tertiary/aromatic N) is 2. The highest BCUT2D eigenvalue weighted by Crippen LogP contribution is 2.49. The first kappa shape index (κ1) is 24.5. The predicted octanol–water partition coefficient (Wildman–Crippen LogP) is 3.34. The molecule has 0 radical (unpaired) electrons. The molecular weight excluding hydrogens is 423 g/mol. The second-order valence-electron chi connectivity index (χ2n) is 5.92. The van der Waals surface area contributed by atoms with Crippen molar-refractivity contribution in [2.24, 2.45) is 0 Å². The van der Waals surface area contributed by atoms with E-state index < -0.39 is 30.7 Å². The molecule has 0 aromatic rings. The van der Waals surface area contributed by atoms with E-state index in [-0.39, 0.29) is 0 Å². The lowest BCUT2D eigenvalue weighted by Gasteiger charge is -2.30. The molecule has 0 atom stereocenters. The van der Waals surface area contributed by atoms with E-state index in [1.54, 1.807) is 4.74 Å². The quantitative estimate of drug-likeness (QED) is 0.537. The number of hydrogen-bond acceptors (Lipinski definition) is 3. The van der Waals surface area contributed by atoms with Crippen molar-refractivity contribution in [3.8, 4) is 0 Å². The largest absolute Gasteiger partial charge is 0.462 e. The molecule has 166 valence electrons. The van der Waals surface area contributed by atoms with Crippen molar-refractivity contribution in [3.63, 3.8) is 0 Å². The van der Waals surface area contributed by atoms with Crippen LogP contribution in [0, 0.1) is 0 Å². The third-order valence-corrected chi connectivity index (χ3v) is 3.71. The molecule has 15 heteroatoms. The minimum atomic E-state index is -7.04. The maximum atomic E-state index is 12.0. The Morgan fingerprint density at radius 2 is 1.50 bits per heavy atom. The SMILES string of the molecule is C[N+]1=C2NCCCN2CCC1.FC(F)C(F)(F)OC(F)(F)C(F)(F)C(F)(F)F. The Hall–Kier alpha value is -1.54. The molecule has 2 aliphatic heterocycles. The molecule has 0 amide bonds. The Morgan fingerprint density at radius 3 is 1.96 bits per heavy atom. The van der Waals surface area contributed by atoms with Gasteiger partial charge in [0.2, 0.25) is 0 Å². The molecule has 0 aromatic heterocycles. The highest BCUT2D eigenvalue weighted by Gasteiger charge is 2.77. The van der Waals surface area contributed by atoms with Crippen LogP contribution in [0.2, 0.25) is 0 Å². The van der Waals surface area contributed by atoms with Crippen LogP contribution < -0.4 is 5.32 Å². The molecule has 28 heavy (non-hydrogen) atoms. The van der Waals surface area contributed by atoms with Crippen molar-refractivity contribution < 1.29 is 57.6 Å². The monoisotopic (exact) mass is 440 g/mol. The summed E-state index contributed by atoms with van der Waals surface area (Å²) in [5.41, 5.74) is 0. The number of fused-ring (bicyclic) bond motifs is 1. The first-order valence-corrected chi connectivity index (χ1v) is 7.78. The van der Waals surface area contributed by atoms with E-state index in [2.05, 4.69) is 21.8 Å². The van der Waals surface area contributed by atoms with Crippen molar-refractivity contribution in [2.75, 3.05) is 33.2 Å². The fourth-order valence-electron chi connectivity index (χ4n) is 2.33. The number of ether oxygens (including phenoxy) is 1. The summed E-state index contributed by atoms with van der Waals surface area (Å²) >= 11 is 0. The first-order chi connectivity index (χ1) is 12.5. The van der Waals surface area contributed by atoms with Gasteiger partial charge in [-0.1, -0.05) is 0 Å². The lowest BCUT2D eigenvalue weighted by Crippen LogP contribution is -2.56. The van der Waals surface area contributed by atoms with E-state index in [9.17, 15) is 48.3 Å². The molecule has 1 fully saturated rings. The number of nitrogens with one attached hydrogen (secondary N) is 1. The van der Waals surface area contributed by atoms with Gasteiger partial charge in [-0.05, 0) is 0 Å². The molecule has 2 aliphatic rings. The smallest absolute Gasteiger partial charge is 0.278 e. The summed E-state index contributed by atoms with van der Waals surface area (Å²) in [6.45, 7) is 4.84. The highest BCUT2D eigenvalue weighted by molar-refractivity contribution is 5.76. The van der Waals surface area contributed by atoms with Gasteiger partial charge in [0, 0.05) is 12.8 Å². The van der Waals surface area contributed by atoms with Gasteiger partial charge in [-0.3, -0.25) is 14.8 Å². The van der Waals surface area contributed by atoms with Crippen molar-refractivity contribution in [1.29, 1.82) is 0 Å². The highest BCUT2D eigenvalue weighted by atomic mass is 19.4. The van der Waals surface area contributed by atoms with E-state index in [1.165, 1.54) is 38.4 Å². The van der Waals surface area contributed by atoms with Crippen molar-refractivity contribution >= 4 is 5.96 Å².